The molecule has 112 valence electrons. The van der Waals surface area contributed by atoms with Gasteiger partial charge >= 0.3 is 0 Å². The van der Waals surface area contributed by atoms with Crippen LogP contribution in [0.2, 0.25) is 5.02 Å². The van der Waals surface area contributed by atoms with Crippen molar-refractivity contribution in [1.82, 2.24) is 0 Å². The van der Waals surface area contributed by atoms with Crippen LogP contribution in [-0.2, 0) is 6.54 Å². The molecule has 5 heteroatoms. The van der Waals surface area contributed by atoms with E-state index in [0.717, 1.165) is 15.7 Å². The van der Waals surface area contributed by atoms with Gasteiger partial charge in [-0.25, -0.2) is 0 Å². The molecule has 0 aliphatic heterocycles. The van der Waals surface area contributed by atoms with Crippen LogP contribution in [0.5, 0.6) is 11.5 Å². The van der Waals surface area contributed by atoms with Gasteiger partial charge in [0, 0.05) is 16.7 Å². The van der Waals surface area contributed by atoms with Crippen molar-refractivity contribution in [3.8, 4) is 11.5 Å². The molecule has 0 radical (unpaired) electrons. The van der Waals surface area contributed by atoms with Gasteiger partial charge in [-0.1, -0.05) is 17.7 Å². The fourth-order valence-corrected chi connectivity index (χ4v) is 2.98. The molecule has 0 aromatic heterocycles. The lowest BCUT2D eigenvalue weighted by Crippen LogP contribution is -2.01. The van der Waals surface area contributed by atoms with Crippen LogP contribution in [-0.4, -0.2) is 14.2 Å². The van der Waals surface area contributed by atoms with Crippen LogP contribution >= 0.6 is 27.5 Å². The maximum atomic E-state index is 6.21. The normalized spacial score (nSPS) is 10.3. The lowest BCUT2D eigenvalue weighted by molar-refractivity contribution is 0.355. The van der Waals surface area contributed by atoms with Gasteiger partial charge in [0.1, 0.15) is 0 Å². The van der Waals surface area contributed by atoms with Gasteiger partial charge in [-0.05, 0) is 58.2 Å². The van der Waals surface area contributed by atoms with E-state index in [0.29, 0.717) is 23.1 Å². The maximum Gasteiger partial charge on any atom is 0.179 e. The smallest absolute Gasteiger partial charge is 0.179 e. The molecule has 0 fully saturated rings. The van der Waals surface area contributed by atoms with Crippen molar-refractivity contribution in [1.29, 1.82) is 0 Å². The molecule has 0 aliphatic carbocycles. The lowest BCUT2D eigenvalue weighted by atomic mass is 10.2. The Morgan fingerprint density at radius 2 is 1.90 bits per heavy atom. The number of anilines is 1. The van der Waals surface area contributed by atoms with Crippen LogP contribution in [0, 0.1) is 6.92 Å². The van der Waals surface area contributed by atoms with Crippen molar-refractivity contribution in [2.45, 2.75) is 13.5 Å². The van der Waals surface area contributed by atoms with Gasteiger partial charge < -0.3 is 14.8 Å². The van der Waals surface area contributed by atoms with E-state index in [-0.39, 0.29) is 0 Å². The summed E-state index contributed by atoms with van der Waals surface area (Å²) < 4.78 is 11.6. The Labute approximate surface area is 138 Å². The molecule has 0 spiro atoms. The second kappa shape index (κ2) is 7.05. The summed E-state index contributed by atoms with van der Waals surface area (Å²) in [7, 11) is 3.17. The van der Waals surface area contributed by atoms with Crippen LogP contribution in [0.3, 0.4) is 0 Å². The summed E-state index contributed by atoms with van der Waals surface area (Å²) in [4.78, 5) is 0. The molecule has 0 heterocycles. The molecule has 1 N–H and O–H groups in total. The van der Waals surface area contributed by atoms with Crippen molar-refractivity contribution in [3.05, 3.63) is 51.0 Å². The first kappa shape index (κ1) is 16.0. The Hall–Kier alpha value is -1.39. The quantitative estimate of drug-likeness (QED) is 0.800. The summed E-state index contributed by atoms with van der Waals surface area (Å²) in [5.74, 6) is 1.18. The topological polar surface area (TPSA) is 30.5 Å². The molecular weight excluding hydrogens is 354 g/mol. The Morgan fingerprint density at radius 1 is 1.14 bits per heavy atom. The lowest BCUT2D eigenvalue weighted by Gasteiger charge is -2.13. The first-order valence-corrected chi connectivity index (χ1v) is 7.62. The standard InChI is InChI=1S/C16H17BrClNO2/c1-10-4-5-14(12(17)6-10)19-9-11-7-13(18)16(21-3)15(8-11)20-2/h4-8,19H,9H2,1-3H3. The first-order chi connectivity index (χ1) is 10.0. The highest BCUT2D eigenvalue weighted by Gasteiger charge is 2.11. The van der Waals surface area contributed by atoms with E-state index in [4.69, 9.17) is 21.1 Å². The van der Waals surface area contributed by atoms with Gasteiger partial charge in [0.2, 0.25) is 0 Å². The minimum Gasteiger partial charge on any atom is -0.493 e. The summed E-state index contributed by atoms with van der Waals surface area (Å²) >= 11 is 9.76. The summed E-state index contributed by atoms with van der Waals surface area (Å²) in [5.41, 5.74) is 3.26. The molecule has 0 saturated heterocycles. The van der Waals surface area contributed by atoms with Crippen LogP contribution in [0.4, 0.5) is 5.69 Å². The van der Waals surface area contributed by atoms with E-state index in [9.17, 15) is 0 Å². The second-order valence-electron chi connectivity index (χ2n) is 4.65. The van der Waals surface area contributed by atoms with E-state index in [1.165, 1.54) is 5.56 Å². The van der Waals surface area contributed by atoms with Gasteiger partial charge in [0.25, 0.3) is 0 Å². The number of aryl methyl sites for hydroxylation is 1. The number of hydrogen-bond acceptors (Lipinski definition) is 3. The third-order valence-corrected chi connectivity index (χ3v) is 4.04. The fraction of sp³-hybridized carbons (Fsp3) is 0.250. The molecule has 0 atom stereocenters. The van der Waals surface area contributed by atoms with Crippen LogP contribution < -0.4 is 14.8 Å². The molecule has 2 aromatic carbocycles. The second-order valence-corrected chi connectivity index (χ2v) is 5.91. The molecule has 21 heavy (non-hydrogen) atoms. The van der Waals surface area contributed by atoms with Crippen molar-refractivity contribution in [3.63, 3.8) is 0 Å². The highest BCUT2D eigenvalue weighted by Crippen LogP contribution is 2.36. The summed E-state index contributed by atoms with van der Waals surface area (Å²) in [6.45, 7) is 2.70. The molecule has 0 bridgehead atoms. The molecule has 2 aromatic rings. The molecule has 0 saturated carbocycles. The van der Waals surface area contributed by atoms with Gasteiger partial charge in [-0.2, -0.15) is 0 Å². The molecule has 3 nitrogen and oxygen atoms in total. The van der Waals surface area contributed by atoms with Crippen molar-refractivity contribution >= 4 is 33.2 Å². The number of nitrogens with one attached hydrogen (secondary N) is 1. The zero-order valence-corrected chi connectivity index (χ0v) is 14.5. The average Bonchev–Trinajstić information content (AvgIpc) is 2.45. The van der Waals surface area contributed by atoms with Crippen molar-refractivity contribution in [2.24, 2.45) is 0 Å². The predicted octanol–water partition coefficient (Wildman–Crippen LogP) is 5.04. The predicted molar refractivity (Wildman–Crippen MR) is 90.8 cm³/mol. The highest BCUT2D eigenvalue weighted by molar-refractivity contribution is 9.10. The van der Waals surface area contributed by atoms with Crippen LogP contribution in [0.15, 0.2) is 34.8 Å². The van der Waals surface area contributed by atoms with Gasteiger partial charge in [-0.3, -0.25) is 0 Å². The SMILES string of the molecule is COc1cc(CNc2ccc(C)cc2Br)cc(Cl)c1OC. The van der Waals surface area contributed by atoms with E-state index < -0.39 is 0 Å². The maximum absolute atomic E-state index is 6.21. The fourth-order valence-electron chi connectivity index (χ4n) is 2.03. The number of benzene rings is 2. The minimum absolute atomic E-state index is 0.539. The average molecular weight is 371 g/mol. The van der Waals surface area contributed by atoms with Crippen LogP contribution in [0.25, 0.3) is 0 Å². The monoisotopic (exact) mass is 369 g/mol. The molecule has 0 unspecified atom stereocenters. The van der Waals surface area contributed by atoms with Crippen LogP contribution in [0.1, 0.15) is 11.1 Å². The Balaban J connectivity index is 2.18. The van der Waals surface area contributed by atoms with E-state index in [1.54, 1.807) is 14.2 Å². The van der Waals surface area contributed by atoms with Gasteiger partial charge in [0.05, 0.1) is 19.2 Å². The molecule has 2 rings (SSSR count). The first-order valence-electron chi connectivity index (χ1n) is 6.45. The molecule has 0 aliphatic rings. The zero-order valence-electron chi connectivity index (χ0n) is 12.2. The Bertz CT molecular complexity index is 646. The Kier molecular flexibility index (Phi) is 5.37. The van der Waals surface area contributed by atoms with Gasteiger partial charge in [0.15, 0.2) is 11.5 Å². The van der Waals surface area contributed by atoms with Crippen molar-refractivity contribution < 1.29 is 9.47 Å². The number of methoxy groups -OCH3 is 2. The number of ether oxygens (including phenoxy) is 2. The minimum atomic E-state index is 0.539. The third-order valence-electron chi connectivity index (χ3n) is 3.10. The number of rotatable bonds is 5. The van der Waals surface area contributed by atoms with Gasteiger partial charge in [-0.15, -0.1) is 0 Å². The number of halogens is 2. The molecular formula is C16H17BrClNO2. The largest absolute Gasteiger partial charge is 0.493 e. The zero-order chi connectivity index (χ0) is 15.4. The molecule has 0 amide bonds. The summed E-state index contributed by atoms with van der Waals surface area (Å²) in [6, 6.07) is 9.97. The van der Waals surface area contributed by atoms with E-state index in [2.05, 4.69) is 40.3 Å². The van der Waals surface area contributed by atoms with Crippen molar-refractivity contribution in [2.75, 3.05) is 19.5 Å². The third kappa shape index (κ3) is 3.83. The summed E-state index contributed by atoms with van der Waals surface area (Å²) in [5, 5.41) is 3.91. The van der Waals surface area contributed by atoms with E-state index >= 15 is 0 Å². The highest BCUT2D eigenvalue weighted by atomic mass is 79.9. The van der Waals surface area contributed by atoms with E-state index in [1.807, 2.05) is 18.2 Å². The number of hydrogen-bond donors (Lipinski definition) is 1. The summed E-state index contributed by atoms with van der Waals surface area (Å²) in [6.07, 6.45) is 0. The Morgan fingerprint density at radius 3 is 2.52 bits per heavy atom.